The average molecular weight is 280 g/mol. The number of hydrogen-bond acceptors (Lipinski definition) is 2. The number of anilines is 1. The predicted molar refractivity (Wildman–Crippen MR) is 69.0 cm³/mol. The number of alkyl halides is 3. The van der Waals surface area contributed by atoms with Crippen molar-refractivity contribution < 1.29 is 13.2 Å². The number of nitrogens with one attached hydrogen (secondary N) is 1. The Morgan fingerprint density at radius 2 is 1.75 bits per heavy atom. The van der Waals surface area contributed by atoms with Crippen molar-refractivity contribution in [2.45, 2.75) is 37.9 Å². The van der Waals surface area contributed by atoms with E-state index in [-0.39, 0.29) is 5.56 Å². The number of hydrogen-bond donors (Lipinski definition) is 1. The van der Waals surface area contributed by atoms with Crippen LogP contribution in [0.25, 0.3) is 0 Å². The summed E-state index contributed by atoms with van der Waals surface area (Å²) in [5, 5.41) is 12.2. The van der Waals surface area contributed by atoms with Crippen LogP contribution in [0.1, 0.15) is 36.8 Å². The molecule has 5 heteroatoms. The van der Waals surface area contributed by atoms with E-state index in [2.05, 4.69) is 5.32 Å². The van der Waals surface area contributed by atoms with Crippen LogP contribution >= 0.6 is 0 Å². The number of nitriles is 1. The Hall–Kier alpha value is -1.70. The highest BCUT2D eigenvalue weighted by molar-refractivity contribution is 5.54. The van der Waals surface area contributed by atoms with Gasteiger partial charge < -0.3 is 5.32 Å². The summed E-state index contributed by atoms with van der Waals surface area (Å²) in [6.45, 7) is 0. The molecular weight excluding hydrogens is 265 g/mol. The maximum absolute atomic E-state index is 12.7. The van der Waals surface area contributed by atoms with Gasteiger partial charge in [-0.3, -0.25) is 0 Å². The van der Waals surface area contributed by atoms with Crippen LogP contribution in [0.4, 0.5) is 18.9 Å². The maximum Gasteiger partial charge on any atom is 0.417 e. The van der Waals surface area contributed by atoms with Crippen LogP contribution in [-0.4, -0.2) is 6.04 Å². The van der Waals surface area contributed by atoms with Gasteiger partial charge in [0.2, 0.25) is 0 Å². The Labute approximate surface area is 115 Å². The van der Waals surface area contributed by atoms with Crippen molar-refractivity contribution in [2.75, 3.05) is 5.32 Å². The van der Waals surface area contributed by atoms with Crippen molar-refractivity contribution >= 4 is 5.69 Å². The summed E-state index contributed by atoms with van der Waals surface area (Å²) in [4.78, 5) is 0. The lowest BCUT2D eigenvalue weighted by Gasteiger charge is -2.20. The minimum atomic E-state index is -4.48. The third-order valence-electron chi connectivity index (χ3n) is 4.04. The largest absolute Gasteiger partial charge is 0.417 e. The molecular formula is C15H15F3N2. The lowest BCUT2D eigenvalue weighted by molar-refractivity contribution is -0.137. The number of halogens is 3. The van der Waals surface area contributed by atoms with Gasteiger partial charge in [-0.15, -0.1) is 0 Å². The van der Waals surface area contributed by atoms with Gasteiger partial charge in [0.15, 0.2) is 0 Å². The van der Waals surface area contributed by atoms with Gasteiger partial charge in [-0.05, 0) is 55.7 Å². The summed E-state index contributed by atoms with van der Waals surface area (Å²) < 4.78 is 38.2. The molecule has 3 rings (SSSR count). The fraction of sp³-hybridized carbons (Fsp3) is 0.533. The minimum Gasteiger partial charge on any atom is -0.382 e. The van der Waals surface area contributed by atoms with E-state index in [0.717, 1.165) is 6.07 Å². The zero-order valence-corrected chi connectivity index (χ0v) is 10.9. The molecule has 0 saturated heterocycles. The van der Waals surface area contributed by atoms with Crippen molar-refractivity contribution in [3.8, 4) is 6.07 Å². The first-order valence-corrected chi connectivity index (χ1v) is 6.87. The molecule has 0 aliphatic heterocycles. The molecule has 1 N–H and O–H groups in total. The van der Waals surface area contributed by atoms with Gasteiger partial charge in [0.1, 0.15) is 0 Å². The second kappa shape index (κ2) is 4.69. The highest BCUT2D eigenvalue weighted by atomic mass is 19.4. The molecule has 1 aromatic rings. The van der Waals surface area contributed by atoms with Crippen molar-refractivity contribution in [1.82, 2.24) is 0 Å². The van der Waals surface area contributed by atoms with E-state index in [1.165, 1.54) is 37.8 Å². The Balaban J connectivity index is 1.82. The first kappa shape index (κ1) is 13.3. The third kappa shape index (κ3) is 2.74. The molecule has 0 unspecified atom stereocenters. The monoisotopic (exact) mass is 280 g/mol. The van der Waals surface area contributed by atoms with Crippen LogP contribution < -0.4 is 5.32 Å². The van der Waals surface area contributed by atoms with Crippen molar-refractivity contribution in [2.24, 2.45) is 11.8 Å². The maximum atomic E-state index is 12.7. The van der Waals surface area contributed by atoms with Crippen LogP contribution in [0.3, 0.4) is 0 Å². The van der Waals surface area contributed by atoms with Crippen LogP contribution in [0.5, 0.6) is 0 Å². The van der Waals surface area contributed by atoms with Gasteiger partial charge in [0.05, 0.1) is 17.2 Å². The lowest BCUT2D eigenvalue weighted by Crippen LogP contribution is -2.24. The highest BCUT2D eigenvalue weighted by Gasteiger charge is 2.41. The van der Waals surface area contributed by atoms with E-state index in [9.17, 15) is 13.2 Å². The number of benzene rings is 1. The Kier molecular flexibility index (Phi) is 3.12. The second-order valence-corrected chi connectivity index (χ2v) is 5.71. The molecule has 0 amide bonds. The first-order valence-electron chi connectivity index (χ1n) is 6.87. The van der Waals surface area contributed by atoms with Gasteiger partial charge in [0, 0.05) is 11.7 Å². The van der Waals surface area contributed by atoms with E-state index in [1.807, 2.05) is 0 Å². The number of rotatable bonds is 4. The molecule has 2 aliphatic rings. The van der Waals surface area contributed by atoms with Crippen LogP contribution in [0.15, 0.2) is 18.2 Å². The van der Waals surface area contributed by atoms with E-state index in [0.29, 0.717) is 23.6 Å². The fourth-order valence-electron chi connectivity index (χ4n) is 2.70. The summed E-state index contributed by atoms with van der Waals surface area (Å²) in [7, 11) is 0. The smallest absolute Gasteiger partial charge is 0.382 e. The zero-order chi connectivity index (χ0) is 14.3. The second-order valence-electron chi connectivity index (χ2n) is 5.71. The molecule has 0 bridgehead atoms. The summed E-state index contributed by atoms with van der Waals surface area (Å²) in [6, 6.07) is 5.75. The molecule has 2 fully saturated rings. The Morgan fingerprint density at radius 3 is 2.20 bits per heavy atom. The molecule has 2 saturated carbocycles. The Bertz CT molecular complexity index is 539. The number of nitrogens with zero attached hydrogens (tertiary/aromatic N) is 1. The zero-order valence-electron chi connectivity index (χ0n) is 10.9. The average Bonchev–Trinajstić information content (AvgIpc) is 3.27. The van der Waals surface area contributed by atoms with Gasteiger partial charge in [-0.25, -0.2) is 0 Å². The van der Waals surface area contributed by atoms with Crippen molar-refractivity contribution in [3.63, 3.8) is 0 Å². The molecule has 106 valence electrons. The summed E-state index contributed by atoms with van der Waals surface area (Å²) in [5.74, 6) is 1.30. The van der Waals surface area contributed by atoms with E-state index >= 15 is 0 Å². The van der Waals surface area contributed by atoms with Crippen molar-refractivity contribution in [1.29, 1.82) is 5.26 Å². The molecule has 0 radical (unpaired) electrons. The summed E-state index contributed by atoms with van der Waals surface area (Å²) >= 11 is 0. The molecule has 2 nitrogen and oxygen atoms in total. The molecule has 0 spiro atoms. The van der Waals surface area contributed by atoms with Gasteiger partial charge >= 0.3 is 6.18 Å². The minimum absolute atomic E-state index is 0.312. The van der Waals surface area contributed by atoms with Crippen LogP contribution in [0, 0.1) is 23.2 Å². The van der Waals surface area contributed by atoms with Gasteiger partial charge in [0.25, 0.3) is 0 Å². The molecule has 0 aromatic heterocycles. The summed E-state index contributed by atoms with van der Waals surface area (Å²) in [5.41, 5.74) is -0.550. The first-order chi connectivity index (χ1) is 9.49. The fourth-order valence-corrected chi connectivity index (χ4v) is 2.70. The Morgan fingerprint density at radius 1 is 1.15 bits per heavy atom. The predicted octanol–water partition coefficient (Wildman–Crippen LogP) is 4.18. The van der Waals surface area contributed by atoms with Gasteiger partial charge in [-0.2, -0.15) is 18.4 Å². The molecule has 2 aliphatic carbocycles. The lowest BCUT2D eigenvalue weighted by atomic mass is 10.0. The van der Waals surface area contributed by atoms with Gasteiger partial charge in [-0.1, -0.05) is 0 Å². The summed E-state index contributed by atoms with van der Waals surface area (Å²) in [6.07, 6.45) is 0.301. The SMILES string of the molecule is N#Cc1cc(NC(C2CC2)C2CC2)ccc1C(F)(F)F. The quantitative estimate of drug-likeness (QED) is 0.898. The van der Waals surface area contributed by atoms with Crippen molar-refractivity contribution in [3.05, 3.63) is 29.3 Å². The van der Waals surface area contributed by atoms with E-state index in [1.54, 1.807) is 6.07 Å². The van der Waals surface area contributed by atoms with Crippen LogP contribution in [-0.2, 0) is 6.18 Å². The molecule has 1 aromatic carbocycles. The normalized spacial score (nSPS) is 18.9. The third-order valence-corrected chi connectivity index (χ3v) is 4.04. The molecule has 20 heavy (non-hydrogen) atoms. The van der Waals surface area contributed by atoms with E-state index < -0.39 is 11.7 Å². The molecule has 0 heterocycles. The highest BCUT2D eigenvalue weighted by Crippen LogP contribution is 2.46. The topological polar surface area (TPSA) is 35.8 Å². The van der Waals surface area contributed by atoms with Crippen LogP contribution in [0.2, 0.25) is 0 Å². The molecule has 0 atom stereocenters. The van der Waals surface area contributed by atoms with E-state index in [4.69, 9.17) is 5.26 Å². The standard InChI is InChI=1S/C15H15F3N2/c16-15(17,18)13-6-5-12(7-11(13)8-19)20-14(9-1-2-9)10-3-4-10/h5-7,9-10,14,20H,1-4H2.